The van der Waals surface area contributed by atoms with Gasteiger partial charge in [-0.25, -0.2) is 4.68 Å². The van der Waals surface area contributed by atoms with E-state index in [1.54, 1.807) is 13.2 Å². The maximum absolute atomic E-state index is 11.7. The fourth-order valence-corrected chi connectivity index (χ4v) is 1.26. The third-order valence-corrected chi connectivity index (χ3v) is 2.28. The molecule has 1 aromatic heterocycles. The zero-order valence-corrected chi connectivity index (χ0v) is 10.3. The monoisotopic (exact) mass is 225 g/mol. The van der Waals surface area contributed by atoms with Crippen LogP contribution in [-0.4, -0.2) is 23.5 Å². The van der Waals surface area contributed by atoms with Crippen molar-refractivity contribution < 1.29 is 4.74 Å². The molecular weight excluding hydrogens is 206 g/mol. The summed E-state index contributed by atoms with van der Waals surface area (Å²) in [5.74, 6) is 0. The van der Waals surface area contributed by atoms with E-state index in [1.807, 2.05) is 20.8 Å². The maximum atomic E-state index is 11.7. The molecule has 2 N–H and O–H groups in total. The average Bonchev–Trinajstić information content (AvgIpc) is 2.18. The van der Waals surface area contributed by atoms with Gasteiger partial charge in [0.1, 0.15) is 5.69 Å². The summed E-state index contributed by atoms with van der Waals surface area (Å²) in [5.41, 5.74) is 6.33. The van der Waals surface area contributed by atoms with E-state index in [9.17, 15) is 4.79 Å². The molecule has 0 spiro atoms. The SMILES string of the molecule is COCCn1nc(C(C)(C)C)cc(N)c1=O. The third kappa shape index (κ3) is 2.82. The average molecular weight is 225 g/mol. The van der Waals surface area contributed by atoms with Gasteiger partial charge in [0, 0.05) is 12.5 Å². The molecule has 0 radical (unpaired) electrons. The van der Waals surface area contributed by atoms with Gasteiger partial charge in [-0.3, -0.25) is 4.79 Å². The highest BCUT2D eigenvalue weighted by atomic mass is 16.5. The molecule has 0 fully saturated rings. The van der Waals surface area contributed by atoms with Gasteiger partial charge in [0.05, 0.1) is 18.8 Å². The zero-order valence-electron chi connectivity index (χ0n) is 10.3. The Morgan fingerprint density at radius 1 is 1.50 bits per heavy atom. The van der Waals surface area contributed by atoms with Crippen LogP contribution in [-0.2, 0) is 16.7 Å². The normalized spacial score (nSPS) is 11.8. The third-order valence-electron chi connectivity index (χ3n) is 2.28. The minimum absolute atomic E-state index is 0.128. The minimum atomic E-state index is -0.259. The van der Waals surface area contributed by atoms with E-state index in [-0.39, 0.29) is 16.7 Å². The smallest absolute Gasteiger partial charge is 0.289 e. The molecule has 16 heavy (non-hydrogen) atoms. The fraction of sp³-hybridized carbons (Fsp3) is 0.636. The lowest BCUT2D eigenvalue weighted by molar-refractivity contribution is 0.181. The van der Waals surface area contributed by atoms with Gasteiger partial charge < -0.3 is 10.5 Å². The number of hydrogen-bond donors (Lipinski definition) is 1. The van der Waals surface area contributed by atoms with E-state index < -0.39 is 0 Å². The summed E-state index contributed by atoms with van der Waals surface area (Å²) in [5, 5.41) is 4.29. The van der Waals surface area contributed by atoms with Gasteiger partial charge in [0.25, 0.3) is 5.56 Å². The topological polar surface area (TPSA) is 70.1 Å². The molecule has 0 saturated heterocycles. The van der Waals surface area contributed by atoms with Crippen LogP contribution in [0, 0.1) is 0 Å². The molecule has 0 aliphatic carbocycles. The first kappa shape index (κ1) is 12.7. The number of methoxy groups -OCH3 is 1. The van der Waals surface area contributed by atoms with Crippen molar-refractivity contribution in [1.29, 1.82) is 0 Å². The van der Waals surface area contributed by atoms with Crippen LogP contribution in [0.4, 0.5) is 5.69 Å². The van der Waals surface area contributed by atoms with Crippen molar-refractivity contribution in [2.24, 2.45) is 0 Å². The molecular formula is C11H19N3O2. The highest BCUT2D eigenvalue weighted by Gasteiger charge is 2.18. The van der Waals surface area contributed by atoms with Gasteiger partial charge in [-0.1, -0.05) is 20.8 Å². The number of anilines is 1. The molecule has 0 saturated carbocycles. The zero-order chi connectivity index (χ0) is 12.3. The minimum Gasteiger partial charge on any atom is -0.394 e. The predicted molar refractivity (Wildman–Crippen MR) is 63.5 cm³/mol. The lowest BCUT2D eigenvalue weighted by atomic mass is 9.92. The van der Waals surface area contributed by atoms with Gasteiger partial charge in [-0.05, 0) is 6.07 Å². The molecule has 0 aliphatic rings. The van der Waals surface area contributed by atoms with Gasteiger partial charge in [0.2, 0.25) is 0 Å². The largest absolute Gasteiger partial charge is 0.394 e. The molecule has 0 aliphatic heterocycles. The van der Waals surface area contributed by atoms with Crippen LogP contribution in [0.1, 0.15) is 26.5 Å². The quantitative estimate of drug-likeness (QED) is 0.824. The second-order valence-electron chi connectivity index (χ2n) is 4.76. The summed E-state index contributed by atoms with van der Waals surface area (Å²) in [4.78, 5) is 11.7. The number of ether oxygens (including phenoxy) is 1. The van der Waals surface area contributed by atoms with Crippen LogP contribution in [0.2, 0.25) is 0 Å². The van der Waals surface area contributed by atoms with Crippen LogP contribution >= 0.6 is 0 Å². The first-order valence-corrected chi connectivity index (χ1v) is 5.23. The van der Waals surface area contributed by atoms with Gasteiger partial charge >= 0.3 is 0 Å². The van der Waals surface area contributed by atoms with Crippen LogP contribution < -0.4 is 11.3 Å². The summed E-state index contributed by atoms with van der Waals surface area (Å²) in [6.07, 6.45) is 0. The lowest BCUT2D eigenvalue weighted by Crippen LogP contribution is -2.30. The highest BCUT2D eigenvalue weighted by molar-refractivity contribution is 5.37. The Morgan fingerprint density at radius 2 is 2.12 bits per heavy atom. The molecule has 0 aromatic carbocycles. The molecule has 90 valence electrons. The standard InChI is InChI=1S/C11H19N3O2/c1-11(2,3)9-7-8(12)10(15)14(13-9)5-6-16-4/h7H,5-6,12H2,1-4H3. The van der Waals surface area contributed by atoms with Crippen LogP contribution in [0.15, 0.2) is 10.9 Å². The van der Waals surface area contributed by atoms with E-state index in [4.69, 9.17) is 10.5 Å². The van der Waals surface area contributed by atoms with Crippen molar-refractivity contribution in [3.63, 3.8) is 0 Å². The van der Waals surface area contributed by atoms with Crippen LogP contribution in [0.5, 0.6) is 0 Å². The molecule has 0 unspecified atom stereocenters. The molecule has 1 aromatic rings. The summed E-state index contributed by atoms with van der Waals surface area (Å²) in [6, 6.07) is 1.64. The van der Waals surface area contributed by atoms with E-state index in [2.05, 4.69) is 5.10 Å². The summed E-state index contributed by atoms with van der Waals surface area (Å²) in [7, 11) is 1.59. The van der Waals surface area contributed by atoms with Crippen molar-refractivity contribution in [2.45, 2.75) is 32.7 Å². The van der Waals surface area contributed by atoms with Crippen molar-refractivity contribution in [1.82, 2.24) is 9.78 Å². The number of rotatable bonds is 3. The molecule has 5 nitrogen and oxygen atoms in total. The van der Waals surface area contributed by atoms with Crippen molar-refractivity contribution in [2.75, 3.05) is 19.5 Å². The second-order valence-corrected chi connectivity index (χ2v) is 4.76. The Morgan fingerprint density at radius 3 is 2.62 bits per heavy atom. The number of nitrogens with two attached hydrogens (primary N) is 1. The predicted octanol–water partition coefficient (Wildman–Crippen LogP) is 0.769. The van der Waals surface area contributed by atoms with E-state index >= 15 is 0 Å². The maximum Gasteiger partial charge on any atom is 0.289 e. The Hall–Kier alpha value is -1.36. The van der Waals surface area contributed by atoms with Gasteiger partial charge in [0.15, 0.2) is 0 Å². The van der Waals surface area contributed by atoms with Crippen molar-refractivity contribution in [3.8, 4) is 0 Å². The number of nitrogens with zero attached hydrogens (tertiary/aromatic N) is 2. The molecule has 5 heteroatoms. The molecule has 1 rings (SSSR count). The Labute approximate surface area is 95.2 Å². The molecule has 0 bridgehead atoms. The fourth-order valence-electron chi connectivity index (χ4n) is 1.26. The van der Waals surface area contributed by atoms with E-state index in [0.717, 1.165) is 5.69 Å². The number of aromatic nitrogens is 2. The van der Waals surface area contributed by atoms with Crippen molar-refractivity contribution >= 4 is 5.69 Å². The van der Waals surface area contributed by atoms with Crippen LogP contribution in [0.3, 0.4) is 0 Å². The van der Waals surface area contributed by atoms with Crippen LogP contribution in [0.25, 0.3) is 0 Å². The summed E-state index contributed by atoms with van der Waals surface area (Å²) < 4.78 is 6.29. The van der Waals surface area contributed by atoms with E-state index in [1.165, 1.54) is 4.68 Å². The van der Waals surface area contributed by atoms with Gasteiger partial charge in [-0.2, -0.15) is 5.10 Å². The Kier molecular flexibility index (Phi) is 3.70. The first-order chi connectivity index (χ1) is 7.36. The number of hydrogen-bond acceptors (Lipinski definition) is 4. The van der Waals surface area contributed by atoms with E-state index in [0.29, 0.717) is 13.2 Å². The second kappa shape index (κ2) is 4.65. The molecule has 1 heterocycles. The Balaban J connectivity index is 3.17. The van der Waals surface area contributed by atoms with Gasteiger partial charge in [-0.15, -0.1) is 0 Å². The molecule has 0 atom stereocenters. The molecule has 0 amide bonds. The summed E-state index contributed by atoms with van der Waals surface area (Å²) in [6.45, 7) is 6.95. The summed E-state index contributed by atoms with van der Waals surface area (Å²) >= 11 is 0. The number of nitrogen functional groups attached to an aromatic ring is 1. The highest BCUT2D eigenvalue weighted by Crippen LogP contribution is 2.19. The Bertz CT molecular complexity index is 418. The van der Waals surface area contributed by atoms with Crippen molar-refractivity contribution in [3.05, 3.63) is 22.1 Å². The first-order valence-electron chi connectivity index (χ1n) is 5.23. The lowest BCUT2D eigenvalue weighted by Gasteiger charge is -2.19.